The van der Waals surface area contributed by atoms with Crippen LogP contribution in [0.2, 0.25) is 0 Å². The zero-order chi connectivity index (χ0) is 14.3. The second-order valence-corrected chi connectivity index (χ2v) is 4.00. The van der Waals surface area contributed by atoms with Gasteiger partial charge in [0.25, 0.3) is 5.72 Å². The number of anilines is 1. The molecule has 1 heterocycles. The van der Waals surface area contributed by atoms with Crippen molar-refractivity contribution in [3.8, 4) is 0 Å². The number of benzene rings is 1. The second-order valence-electron chi connectivity index (χ2n) is 4.00. The molecular formula is C11H10F3N3O2. The summed E-state index contributed by atoms with van der Waals surface area (Å²) in [5.74, 6) is 0. The number of fused-ring (bicyclic) bond motifs is 1. The number of alkyl halides is 3. The van der Waals surface area contributed by atoms with Crippen LogP contribution in [0, 0.1) is 0 Å². The number of hydrogen-bond donors (Lipinski definition) is 3. The maximum atomic E-state index is 13.1. The number of para-hydroxylation sites is 2. The van der Waals surface area contributed by atoms with Crippen LogP contribution in [-0.4, -0.2) is 33.6 Å². The molecule has 0 amide bonds. The maximum absolute atomic E-state index is 13.1. The number of halogens is 3. The van der Waals surface area contributed by atoms with Crippen molar-refractivity contribution < 1.29 is 23.5 Å². The number of nitrogens with one attached hydrogen (secondary N) is 1. The van der Waals surface area contributed by atoms with Crippen molar-refractivity contribution in [1.29, 1.82) is 0 Å². The van der Waals surface area contributed by atoms with E-state index in [4.69, 9.17) is 5.21 Å². The summed E-state index contributed by atoms with van der Waals surface area (Å²) in [5, 5.41) is 23.1. The first kappa shape index (κ1) is 13.3. The topological polar surface area (TPSA) is 77.2 Å². The number of aliphatic imine (C=N–C) groups is 1. The van der Waals surface area contributed by atoms with Crippen molar-refractivity contribution in [2.45, 2.75) is 18.8 Å². The Morgan fingerprint density at radius 1 is 1.32 bits per heavy atom. The molecule has 1 aromatic rings. The molecule has 1 aromatic carbocycles. The van der Waals surface area contributed by atoms with Gasteiger partial charge in [0, 0.05) is 0 Å². The molecule has 8 heteroatoms. The molecule has 0 bridgehead atoms. The van der Waals surface area contributed by atoms with Gasteiger partial charge in [-0.1, -0.05) is 17.3 Å². The summed E-state index contributed by atoms with van der Waals surface area (Å²) in [6.07, 6.45) is -5.08. The molecule has 0 saturated heterocycles. The number of aliphatic hydroxyl groups is 1. The minimum absolute atomic E-state index is 0.0136. The smallest absolute Gasteiger partial charge is 0.410 e. The highest BCUT2D eigenvalue weighted by Crippen LogP contribution is 2.38. The Kier molecular flexibility index (Phi) is 2.97. The van der Waals surface area contributed by atoms with Crippen LogP contribution in [0.3, 0.4) is 0 Å². The molecular weight excluding hydrogens is 263 g/mol. The Morgan fingerprint density at radius 2 is 1.95 bits per heavy atom. The second kappa shape index (κ2) is 4.23. The fourth-order valence-electron chi connectivity index (χ4n) is 1.78. The molecule has 3 N–H and O–H groups in total. The van der Waals surface area contributed by atoms with E-state index in [9.17, 15) is 18.3 Å². The van der Waals surface area contributed by atoms with E-state index >= 15 is 0 Å². The zero-order valence-electron chi connectivity index (χ0n) is 9.73. The monoisotopic (exact) mass is 273 g/mol. The molecule has 1 unspecified atom stereocenters. The molecule has 1 aliphatic rings. The highest BCUT2D eigenvalue weighted by atomic mass is 19.4. The van der Waals surface area contributed by atoms with Crippen LogP contribution in [0.15, 0.2) is 34.4 Å². The van der Waals surface area contributed by atoms with E-state index < -0.39 is 17.6 Å². The van der Waals surface area contributed by atoms with Crippen LogP contribution in [0.4, 0.5) is 24.5 Å². The van der Waals surface area contributed by atoms with Crippen LogP contribution in [0.25, 0.3) is 0 Å². The van der Waals surface area contributed by atoms with E-state index in [2.05, 4.69) is 10.1 Å². The van der Waals surface area contributed by atoms with E-state index in [1.165, 1.54) is 25.1 Å². The van der Waals surface area contributed by atoms with Gasteiger partial charge in [0.15, 0.2) is 5.71 Å². The lowest BCUT2D eigenvalue weighted by Crippen LogP contribution is -2.59. The minimum atomic E-state index is -5.08. The highest BCUT2D eigenvalue weighted by molar-refractivity contribution is 6.45. The van der Waals surface area contributed by atoms with Crippen molar-refractivity contribution in [1.82, 2.24) is 0 Å². The molecule has 5 nitrogen and oxygen atoms in total. The highest BCUT2D eigenvalue weighted by Gasteiger charge is 2.60. The molecule has 0 aromatic heterocycles. The molecule has 0 fully saturated rings. The molecule has 1 aliphatic heterocycles. The summed E-state index contributed by atoms with van der Waals surface area (Å²) in [7, 11) is 0. The molecule has 0 radical (unpaired) electrons. The van der Waals surface area contributed by atoms with Gasteiger partial charge in [0.1, 0.15) is 0 Å². The average Bonchev–Trinajstić information content (AvgIpc) is 2.41. The van der Waals surface area contributed by atoms with Crippen LogP contribution >= 0.6 is 0 Å². The average molecular weight is 273 g/mol. The summed E-state index contributed by atoms with van der Waals surface area (Å²) in [4.78, 5) is 3.90. The first-order valence-corrected chi connectivity index (χ1v) is 5.24. The predicted molar refractivity (Wildman–Crippen MR) is 63.1 cm³/mol. The third-order valence-corrected chi connectivity index (χ3v) is 2.70. The SMILES string of the molecule is CC1=Nc2ccccc2NC(O)(C(F)(F)F)C1=NO. The van der Waals surface area contributed by atoms with Crippen LogP contribution in [0.5, 0.6) is 0 Å². The third-order valence-electron chi connectivity index (χ3n) is 2.70. The van der Waals surface area contributed by atoms with Crippen LogP contribution < -0.4 is 5.32 Å². The van der Waals surface area contributed by atoms with Gasteiger partial charge in [0.05, 0.1) is 17.1 Å². The van der Waals surface area contributed by atoms with Crippen molar-refractivity contribution in [3.05, 3.63) is 24.3 Å². The van der Waals surface area contributed by atoms with E-state index in [0.717, 1.165) is 0 Å². The summed E-state index contributed by atoms with van der Waals surface area (Å²) >= 11 is 0. The normalized spacial score (nSPS) is 25.3. The van der Waals surface area contributed by atoms with Gasteiger partial charge in [-0.25, -0.2) is 4.99 Å². The Labute approximate surface area is 106 Å². The number of hydrogen-bond acceptors (Lipinski definition) is 5. The summed E-state index contributed by atoms with van der Waals surface area (Å²) in [6.45, 7) is 1.22. The number of oxime groups is 1. The lowest BCUT2D eigenvalue weighted by molar-refractivity contribution is -0.219. The van der Waals surface area contributed by atoms with Crippen molar-refractivity contribution in [3.63, 3.8) is 0 Å². The lowest BCUT2D eigenvalue weighted by Gasteiger charge is -2.31. The van der Waals surface area contributed by atoms with Crippen LogP contribution in [0.1, 0.15) is 6.92 Å². The summed E-state index contributed by atoms with van der Waals surface area (Å²) < 4.78 is 39.2. The Hall–Kier alpha value is -2.09. The molecule has 0 saturated carbocycles. The van der Waals surface area contributed by atoms with E-state index in [1.807, 2.05) is 5.32 Å². The molecule has 19 heavy (non-hydrogen) atoms. The zero-order valence-corrected chi connectivity index (χ0v) is 9.73. The summed E-state index contributed by atoms with van der Waals surface area (Å²) in [5.41, 5.74) is -4.53. The molecule has 2 rings (SSSR count). The largest absolute Gasteiger partial charge is 0.443 e. The molecule has 102 valence electrons. The third kappa shape index (κ3) is 2.03. The van der Waals surface area contributed by atoms with Gasteiger partial charge in [-0.3, -0.25) is 0 Å². The van der Waals surface area contributed by atoms with Crippen LogP contribution in [-0.2, 0) is 0 Å². The van der Waals surface area contributed by atoms with Gasteiger partial charge < -0.3 is 15.6 Å². The summed E-state index contributed by atoms with van der Waals surface area (Å²) in [6, 6.07) is 5.89. The molecule has 1 atom stereocenters. The number of nitrogens with zero attached hydrogens (tertiary/aromatic N) is 2. The van der Waals surface area contributed by atoms with Gasteiger partial charge >= 0.3 is 6.18 Å². The van der Waals surface area contributed by atoms with E-state index in [-0.39, 0.29) is 17.1 Å². The fourth-order valence-corrected chi connectivity index (χ4v) is 1.78. The molecule has 0 aliphatic carbocycles. The van der Waals surface area contributed by atoms with Crippen molar-refractivity contribution >= 4 is 22.8 Å². The van der Waals surface area contributed by atoms with E-state index in [0.29, 0.717) is 0 Å². The Morgan fingerprint density at radius 3 is 2.53 bits per heavy atom. The van der Waals surface area contributed by atoms with Gasteiger partial charge in [-0.2, -0.15) is 13.2 Å². The Bertz CT molecular complexity index is 569. The minimum Gasteiger partial charge on any atom is -0.410 e. The van der Waals surface area contributed by atoms with Gasteiger partial charge in [0.2, 0.25) is 0 Å². The van der Waals surface area contributed by atoms with Gasteiger partial charge in [-0.15, -0.1) is 0 Å². The first-order valence-electron chi connectivity index (χ1n) is 5.24. The first-order chi connectivity index (χ1) is 8.79. The fraction of sp³-hybridized carbons (Fsp3) is 0.273. The van der Waals surface area contributed by atoms with Crippen molar-refractivity contribution in [2.75, 3.05) is 5.32 Å². The Balaban J connectivity index is 2.68. The van der Waals surface area contributed by atoms with Gasteiger partial charge in [-0.05, 0) is 19.1 Å². The van der Waals surface area contributed by atoms with E-state index in [1.54, 1.807) is 6.07 Å². The van der Waals surface area contributed by atoms with Crippen molar-refractivity contribution in [2.24, 2.45) is 10.1 Å². The quantitative estimate of drug-likeness (QED) is 0.501. The molecule has 0 spiro atoms. The standard InChI is InChI=1S/C11H10F3N3O2/c1-6-9(17-19)10(18,11(12,13)14)16-8-5-3-2-4-7(8)15-6/h2-5,16,18-19H,1H3. The number of rotatable bonds is 0. The maximum Gasteiger partial charge on any atom is 0.443 e. The predicted octanol–water partition coefficient (Wildman–Crippen LogP) is 2.29. The lowest BCUT2D eigenvalue weighted by atomic mass is 10.0.